The Morgan fingerprint density at radius 2 is 0.447 bits per heavy atom. The number of esters is 2. The Kier molecular flexibility index (Phi) is 75.4. The largest absolute Gasteiger partial charge is 0.481 e. The van der Waals surface area contributed by atoms with Crippen molar-refractivity contribution in [1.82, 2.24) is 0 Å². The first-order chi connectivity index (χ1) is 46.9. The van der Waals surface area contributed by atoms with Crippen molar-refractivity contribution in [2.75, 3.05) is 14.2 Å². The summed E-state index contributed by atoms with van der Waals surface area (Å²) in [5.41, 5.74) is 7.94. The van der Waals surface area contributed by atoms with Crippen molar-refractivity contribution in [3.8, 4) is 0 Å². The minimum atomic E-state index is -0.865. The lowest BCUT2D eigenvalue weighted by Crippen LogP contribution is -2.22. The zero-order valence-corrected chi connectivity index (χ0v) is 70.8. The second-order valence-corrected chi connectivity index (χ2v) is 30.4. The van der Waals surface area contributed by atoms with E-state index in [1.807, 2.05) is 20.8 Å². The maximum Gasteiger partial charge on any atom is 0.308 e. The van der Waals surface area contributed by atoms with Crippen LogP contribution in [0.1, 0.15) is 296 Å². The van der Waals surface area contributed by atoms with Crippen molar-refractivity contribution < 1.29 is 83.6 Å². The molecule has 0 rings (SSSR count). The molecule has 604 valence electrons. The Balaban J connectivity index is -0.000000139. The first-order valence-corrected chi connectivity index (χ1v) is 37.6. The summed E-state index contributed by atoms with van der Waals surface area (Å²) >= 11 is 0. The highest BCUT2D eigenvalue weighted by Crippen LogP contribution is 2.25. The quantitative estimate of drug-likeness (QED) is 0.0221. The first-order valence-electron chi connectivity index (χ1n) is 37.6. The third-order valence-corrected chi connectivity index (χ3v) is 17.8. The summed E-state index contributed by atoms with van der Waals surface area (Å²) in [4.78, 5) is 85.0. The Hall–Kier alpha value is -6.36. The number of rotatable bonds is 41. The van der Waals surface area contributed by atoms with Gasteiger partial charge in [-0.05, 0) is 170 Å². The van der Waals surface area contributed by atoms with E-state index in [4.69, 9.17) is 30.6 Å². The summed E-state index contributed by atoms with van der Waals surface area (Å²) in [5.74, 6) is -2.92. The average Bonchev–Trinajstić information content (AvgIpc) is 0.972. The average molecular weight is 1460 g/mol. The van der Waals surface area contributed by atoms with Crippen LogP contribution in [0.25, 0.3) is 0 Å². The number of ether oxygens (including phenoxy) is 2. The maximum absolute atomic E-state index is 11.1. The fraction of sp³-hybridized carbons (Fsp3) is 0.721. The maximum atomic E-state index is 11.1. The van der Waals surface area contributed by atoms with Gasteiger partial charge >= 0.3 is 47.8 Å². The second-order valence-electron chi connectivity index (χ2n) is 30.4. The molecule has 0 aliphatic heterocycles. The minimum Gasteiger partial charge on any atom is -0.481 e. The van der Waals surface area contributed by atoms with Crippen LogP contribution in [0.3, 0.4) is 0 Å². The highest BCUT2D eigenvalue weighted by atomic mass is 16.5. The number of carbonyl (C=O) groups excluding carboxylic acids is 2. The van der Waals surface area contributed by atoms with Crippen LogP contribution in [0.4, 0.5) is 0 Å². The van der Waals surface area contributed by atoms with Crippen LogP contribution in [0.2, 0.25) is 0 Å². The van der Waals surface area contributed by atoms with Crippen molar-refractivity contribution in [3.63, 3.8) is 0 Å². The predicted octanol–water partition coefficient (Wildman–Crippen LogP) is 22.7. The van der Waals surface area contributed by atoms with E-state index >= 15 is 0 Å². The molecule has 0 aromatic rings. The fourth-order valence-corrected chi connectivity index (χ4v) is 7.25. The molecule has 17 nitrogen and oxygen atoms in total. The van der Waals surface area contributed by atoms with Crippen LogP contribution in [-0.2, 0) is 47.8 Å². The molecule has 8 atom stereocenters. The number of allylic oxidation sites excluding steroid dienone is 7. The van der Waals surface area contributed by atoms with Gasteiger partial charge in [0.1, 0.15) is 0 Å². The standard InChI is InChI=1S/C11H20O3.2C11H20O2.5C10H18O2.C3H8/c1-8(10(12)14-5)6-7-9(2)11(3,4)13;1-8(2)9(3)6-7-10(4)11(12)13-5;1-5-10(11(12)13)7-6-9(4)8(2)3;5*1-7(2)8(3)5-6-9(4)10(11)12;1-3-2/h8,13H,2,6-7H2,1,3-5H3;8,10H,3,6-7H2,1-2,4-5H3;8,10H,4-7H2,1-3H3,(H,12,13);5*7,9H,3,5-6H2,1-2,4H3,(H,11,12);3H2,1-2H3/t;;10-;4*9-;;/m..00000../s1. The zero-order chi connectivity index (χ0) is 83.5. The van der Waals surface area contributed by atoms with Crippen molar-refractivity contribution in [2.24, 2.45) is 88.8 Å². The predicted molar refractivity (Wildman–Crippen MR) is 431 cm³/mol. The monoisotopic (exact) mass is 1460 g/mol. The Morgan fingerprint density at radius 3 is 0.573 bits per heavy atom. The molecule has 0 aliphatic carbocycles. The third-order valence-electron chi connectivity index (χ3n) is 17.8. The molecule has 0 radical (unpaired) electrons. The summed E-state index contributed by atoms with van der Waals surface area (Å²) in [6, 6.07) is 0. The van der Waals surface area contributed by atoms with E-state index in [2.05, 4.69) is 173 Å². The number of carboxylic acids is 6. The summed E-state index contributed by atoms with van der Waals surface area (Å²) in [5, 5.41) is 61.4. The smallest absolute Gasteiger partial charge is 0.308 e. The van der Waals surface area contributed by atoms with Gasteiger partial charge < -0.3 is 45.2 Å². The Bertz CT molecular complexity index is 2210. The van der Waals surface area contributed by atoms with Crippen molar-refractivity contribution >= 4 is 47.8 Å². The molecule has 0 bridgehead atoms. The minimum absolute atomic E-state index is 0.0134. The van der Waals surface area contributed by atoms with Gasteiger partial charge in [0.25, 0.3) is 0 Å². The molecule has 3 unspecified atom stereocenters. The molecular formula is C86H158O17. The van der Waals surface area contributed by atoms with Crippen molar-refractivity contribution in [1.29, 1.82) is 0 Å². The van der Waals surface area contributed by atoms with Gasteiger partial charge in [-0.3, -0.25) is 38.4 Å². The molecule has 17 heteroatoms. The molecule has 0 aromatic heterocycles. The van der Waals surface area contributed by atoms with Gasteiger partial charge in [-0.2, -0.15) is 0 Å². The highest BCUT2D eigenvalue weighted by Gasteiger charge is 2.21. The number of carbonyl (C=O) groups is 8. The number of carboxylic acid groups (broad SMARTS) is 6. The van der Waals surface area contributed by atoms with E-state index in [9.17, 15) is 43.5 Å². The number of aliphatic carboxylic acids is 6. The zero-order valence-electron chi connectivity index (χ0n) is 70.8. The Labute approximate surface area is 629 Å². The van der Waals surface area contributed by atoms with Crippen LogP contribution < -0.4 is 0 Å². The summed E-state index contributed by atoms with van der Waals surface area (Å²) in [6.45, 7) is 82.2. The van der Waals surface area contributed by atoms with Gasteiger partial charge in [-0.15, -0.1) is 0 Å². The van der Waals surface area contributed by atoms with Crippen molar-refractivity contribution in [3.05, 3.63) is 97.2 Å². The molecule has 103 heavy (non-hydrogen) atoms. The number of hydrogen-bond acceptors (Lipinski definition) is 11. The molecule has 0 saturated carbocycles. The van der Waals surface area contributed by atoms with Crippen molar-refractivity contribution in [2.45, 2.75) is 301 Å². The van der Waals surface area contributed by atoms with Crippen LogP contribution in [-0.4, -0.2) is 103 Å². The lowest BCUT2D eigenvalue weighted by Gasteiger charge is -2.21. The van der Waals surface area contributed by atoms with E-state index in [1.54, 1.807) is 48.5 Å². The van der Waals surface area contributed by atoms with Gasteiger partial charge in [-0.1, -0.05) is 264 Å². The van der Waals surface area contributed by atoms with E-state index in [1.165, 1.54) is 26.2 Å². The lowest BCUT2D eigenvalue weighted by atomic mass is 9.92. The van der Waals surface area contributed by atoms with E-state index in [-0.39, 0.29) is 59.3 Å². The number of aliphatic hydroxyl groups is 1. The highest BCUT2D eigenvalue weighted by molar-refractivity contribution is 5.73. The molecule has 7 N–H and O–H groups in total. The Morgan fingerprint density at radius 1 is 0.291 bits per heavy atom. The molecule has 0 fully saturated rings. The molecule has 0 amide bonds. The van der Waals surface area contributed by atoms with Gasteiger partial charge in [-0.25, -0.2) is 0 Å². The van der Waals surface area contributed by atoms with Gasteiger partial charge in [0.05, 0.1) is 67.2 Å². The molecular weight excluding hydrogens is 1300 g/mol. The van der Waals surface area contributed by atoms with Crippen LogP contribution >= 0.6 is 0 Å². The molecule has 0 aromatic carbocycles. The van der Waals surface area contributed by atoms with Crippen LogP contribution in [0.5, 0.6) is 0 Å². The SMILES string of the molecule is C=C(CCC(C)C(=O)O)C(C)C.C=C(CCC(C)C(=O)OC)C(C)(C)O.C=C(CCC(C)C(=O)OC)C(C)C.C=C(CC[C@H](C)C(=O)O)C(C)C.C=C(CC[C@H](C)C(=O)O)C(C)C.C=C(CC[C@H](C)C(=O)O)C(C)C.C=C(CC[C@H](C)C(=O)O)C(C)C.C=C(CC[C@H](CC)C(=O)O)C(C)C.CCC. The number of hydrogen-bond donors (Lipinski definition) is 7. The second kappa shape index (κ2) is 67.5. The number of methoxy groups -OCH3 is 2. The molecule has 0 aliphatic rings. The summed E-state index contributed by atoms with van der Waals surface area (Å²) in [6.07, 6.45) is 14.2. The van der Waals surface area contributed by atoms with Crippen LogP contribution in [0, 0.1) is 88.8 Å². The van der Waals surface area contributed by atoms with Crippen LogP contribution in [0.15, 0.2) is 97.2 Å². The van der Waals surface area contributed by atoms with E-state index in [0.29, 0.717) is 92.8 Å². The topological polar surface area (TPSA) is 297 Å². The fourth-order valence-electron chi connectivity index (χ4n) is 7.25. The van der Waals surface area contributed by atoms with Gasteiger partial charge in [0.15, 0.2) is 0 Å². The first kappa shape index (κ1) is 115. The molecule has 0 spiro atoms. The normalized spacial score (nSPS) is 12.8. The van der Waals surface area contributed by atoms with Gasteiger partial charge in [0, 0.05) is 0 Å². The molecule has 0 saturated heterocycles. The third kappa shape index (κ3) is 75.1. The van der Waals surface area contributed by atoms with E-state index in [0.717, 1.165) is 96.8 Å². The van der Waals surface area contributed by atoms with Gasteiger partial charge in [0.2, 0.25) is 0 Å². The summed E-state index contributed by atoms with van der Waals surface area (Å²) < 4.78 is 9.23. The lowest BCUT2D eigenvalue weighted by molar-refractivity contribution is -0.145. The van der Waals surface area contributed by atoms with E-state index < -0.39 is 41.4 Å². The summed E-state index contributed by atoms with van der Waals surface area (Å²) in [7, 11) is 2.81. The molecule has 0 heterocycles.